The highest BCUT2D eigenvalue weighted by molar-refractivity contribution is 8.02. The van der Waals surface area contributed by atoms with E-state index < -0.39 is 35.8 Å². The van der Waals surface area contributed by atoms with Gasteiger partial charge in [-0.05, 0) is 54.7 Å². The molecule has 0 radical (unpaired) electrons. The van der Waals surface area contributed by atoms with Gasteiger partial charge in [0.15, 0.2) is 12.4 Å². The van der Waals surface area contributed by atoms with Crippen molar-refractivity contribution in [2.24, 2.45) is 28.1 Å². The fraction of sp³-hybridized carbons (Fsp3) is 0.741. The van der Waals surface area contributed by atoms with Gasteiger partial charge in [-0.25, -0.2) is 9.48 Å². The Morgan fingerprint density at radius 1 is 0.776 bits per heavy atom. The van der Waals surface area contributed by atoms with E-state index in [1.807, 2.05) is 13.8 Å². The van der Waals surface area contributed by atoms with E-state index in [0.29, 0.717) is 114 Å². The number of nitrogens with one attached hydrogen (secondary N) is 3. The van der Waals surface area contributed by atoms with Crippen molar-refractivity contribution >= 4 is 64.5 Å². The van der Waals surface area contributed by atoms with E-state index in [1.165, 1.54) is 0 Å². The Labute approximate surface area is 461 Å². The van der Waals surface area contributed by atoms with E-state index in [1.54, 1.807) is 58.7 Å². The zero-order valence-corrected chi connectivity index (χ0v) is 49.1. The first-order chi connectivity index (χ1) is 35.9. The molecule has 76 heavy (non-hydrogen) atoms. The van der Waals surface area contributed by atoms with Gasteiger partial charge in [-0.2, -0.15) is 0 Å². The minimum atomic E-state index is -0.862. The number of nitrogens with zero attached hydrogens (tertiary/aromatic N) is 4. The SMILES string of the molecule is CC(C)C[C@H](NC(=O)CON=C(CSC(C)(C)C)CSC(C)(C)C)C(=O)C[C@@H](CCCNC(N)=O)C(=O)Nc1ccc(COC(=O)CCc2cn(CCOCCOCCOCCOCCOCCC(C)(C)C)nn2)cc1. The fourth-order valence-corrected chi connectivity index (χ4v) is 8.24. The van der Waals surface area contributed by atoms with Gasteiger partial charge in [-0.15, -0.1) is 28.6 Å². The van der Waals surface area contributed by atoms with Crippen molar-refractivity contribution in [3.8, 4) is 0 Å². The van der Waals surface area contributed by atoms with E-state index in [-0.39, 0.29) is 65.6 Å². The molecule has 0 unspecified atom stereocenters. The molecule has 0 fully saturated rings. The Bertz CT molecular complexity index is 1980. The topological polar surface area (TPSA) is 255 Å². The van der Waals surface area contributed by atoms with E-state index >= 15 is 0 Å². The monoisotopic (exact) mass is 1110 g/mol. The number of aryl methyl sites for hydroxylation is 1. The summed E-state index contributed by atoms with van der Waals surface area (Å²) in [6.07, 6.45) is 4.09. The molecule has 1 aromatic carbocycles. The Morgan fingerprint density at radius 3 is 1.88 bits per heavy atom. The van der Waals surface area contributed by atoms with Crippen LogP contribution in [0.2, 0.25) is 0 Å². The third-order valence-corrected chi connectivity index (χ3v) is 13.4. The van der Waals surface area contributed by atoms with Crippen LogP contribution in [0.25, 0.3) is 0 Å². The number of Topliss-reactive ketones (excluding diaryl/α,β-unsaturated/α-hetero) is 1. The lowest BCUT2D eigenvalue weighted by atomic mass is 9.90. The highest BCUT2D eigenvalue weighted by atomic mass is 32.2. The minimum absolute atomic E-state index is 0.0209. The first-order valence-corrected chi connectivity index (χ1v) is 28.5. The highest BCUT2D eigenvalue weighted by Crippen LogP contribution is 2.27. The third-order valence-electron chi connectivity index (χ3n) is 10.8. The van der Waals surface area contributed by atoms with Crippen LogP contribution in [0.5, 0.6) is 0 Å². The molecular formula is C54H92N8O12S2. The summed E-state index contributed by atoms with van der Waals surface area (Å²) >= 11 is 3.48. The molecule has 0 spiro atoms. The van der Waals surface area contributed by atoms with Gasteiger partial charge in [0.05, 0.1) is 89.9 Å². The van der Waals surface area contributed by atoms with Crippen LogP contribution in [0.1, 0.15) is 126 Å². The molecule has 0 aliphatic carbocycles. The van der Waals surface area contributed by atoms with Gasteiger partial charge in [0.25, 0.3) is 5.91 Å². The molecule has 0 saturated heterocycles. The number of nitrogens with two attached hydrogens (primary N) is 1. The first kappa shape index (κ1) is 67.8. The molecule has 0 bridgehead atoms. The quantitative estimate of drug-likeness (QED) is 0.0219. The van der Waals surface area contributed by atoms with Crippen molar-refractivity contribution in [3.05, 3.63) is 41.7 Å². The molecule has 4 amide bonds. The van der Waals surface area contributed by atoms with Crippen LogP contribution in [-0.4, -0.2) is 157 Å². The molecule has 0 aliphatic heterocycles. The summed E-state index contributed by atoms with van der Waals surface area (Å²) in [5.41, 5.74) is 8.18. The fourth-order valence-electron chi connectivity index (χ4n) is 6.60. The van der Waals surface area contributed by atoms with Gasteiger partial charge >= 0.3 is 12.0 Å². The number of carbonyl (C=O) groups excluding carboxylic acids is 5. The lowest BCUT2D eigenvalue weighted by Crippen LogP contribution is -2.44. The maximum absolute atomic E-state index is 13.9. The van der Waals surface area contributed by atoms with Gasteiger partial charge < -0.3 is 54.9 Å². The second-order valence-corrected chi connectivity index (χ2v) is 25.6. The number of amides is 4. The number of aromatic nitrogens is 3. The number of thioether (sulfide) groups is 2. The van der Waals surface area contributed by atoms with Gasteiger partial charge in [-0.3, -0.25) is 19.2 Å². The van der Waals surface area contributed by atoms with Crippen molar-refractivity contribution in [1.82, 2.24) is 25.6 Å². The second-order valence-electron chi connectivity index (χ2n) is 22.0. The number of ketones is 1. The molecule has 0 saturated carbocycles. The lowest BCUT2D eigenvalue weighted by molar-refractivity contribution is -0.145. The van der Waals surface area contributed by atoms with Crippen molar-refractivity contribution in [2.45, 2.75) is 150 Å². The number of ether oxygens (including phenoxy) is 6. The molecule has 2 aromatic rings. The summed E-state index contributed by atoms with van der Waals surface area (Å²) in [7, 11) is 0. The predicted octanol–water partition coefficient (Wildman–Crippen LogP) is 7.40. The van der Waals surface area contributed by atoms with E-state index in [0.717, 1.165) is 18.7 Å². The van der Waals surface area contributed by atoms with Crippen molar-refractivity contribution < 1.29 is 57.2 Å². The normalized spacial score (nSPS) is 12.7. The van der Waals surface area contributed by atoms with Crippen molar-refractivity contribution in [1.29, 1.82) is 0 Å². The smallest absolute Gasteiger partial charge is 0.312 e. The number of benzene rings is 1. The van der Waals surface area contributed by atoms with Gasteiger partial charge in [0.1, 0.15) is 6.61 Å². The number of anilines is 1. The predicted molar refractivity (Wildman–Crippen MR) is 301 cm³/mol. The van der Waals surface area contributed by atoms with Gasteiger partial charge in [0, 0.05) is 64.8 Å². The number of primary amides is 1. The van der Waals surface area contributed by atoms with E-state index in [2.05, 4.69) is 93.7 Å². The Hall–Kier alpha value is -4.32. The molecule has 5 N–H and O–H groups in total. The van der Waals surface area contributed by atoms with Crippen LogP contribution in [-0.2, 0) is 72.0 Å². The number of oxime groups is 1. The summed E-state index contributed by atoms with van der Waals surface area (Å²) in [5.74, 6) is -1.03. The summed E-state index contributed by atoms with van der Waals surface area (Å²) in [5, 5.41) is 20.8. The standard InChI is InChI=1S/C54H92N8O12S2/c1-40(2)33-46(58-48(64)37-74-60-45(38-75-53(6,7)8)39-76-54(9,10)11)47(63)34-42(13-12-21-56-51(55)67)50(66)57-43-16-14-41(15-17-43)36-73-49(65)19-18-44-35-62(61-59-44)22-24-69-26-28-71-30-32-72-31-29-70-27-25-68-23-20-52(3,4)5/h14-17,35,40,42,46H,12-13,18-34,36-39H2,1-11H3,(H,57,66)(H,58,64)(H3,55,56,67)/t42-,46+/m1/s1. The van der Waals surface area contributed by atoms with Crippen LogP contribution < -0.4 is 21.7 Å². The average Bonchev–Trinajstić information content (AvgIpc) is 3.79. The zero-order chi connectivity index (χ0) is 56.4. The Kier molecular flexibility index (Phi) is 33.4. The van der Waals surface area contributed by atoms with Crippen LogP contribution in [0.4, 0.5) is 10.5 Å². The summed E-state index contributed by atoms with van der Waals surface area (Å²) in [4.78, 5) is 70.3. The minimum Gasteiger partial charge on any atom is -0.461 e. The molecule has 2 atom stereocenters. The average molecular weight is 1110 g/mol. The van der Waals surface area contributed by atoms with Crippen LogP contribution in [0.3, 0.4) is 0 Å². The third kappa shape index (κ3) is 36.7. The Morgan fingerprint density at radius 2 is 1.34 bits per heavy atom. The number of hydrogen-bond acceptors (Lipinski definition) is 17. The maximum atomic E-state index is 13.9. The summed E-state index contributed by atoms with van der Waals surface area (Å²) in [6, 6.07) is 5.28. The second kappa shape index (κ2) is 37.5. The maximum Gasteiger partial charge on any atom is 0.312 e. The molecule has 1 heterocycles. The highest BCUT2D eigenvalue weighted by Gasteiger charge is 2.29. The molecule has 2 rings (SSSR count). The lowest BCUT2D eigenvalue weighted by Gasteiger charge is -2.23. The van der Waals surface area contributed by atoms with Crippen LogP contribution in [0, 0.1) is 17.3 Å². The number of esters is 1. The number of urea groups is 1. The molecule has 432 valence electrons. The molecule has 1 aromatic heterocycles. The van der Waals surface area contributed by atoms with Gasteiger partial charge in [0.2, 0.25) is 5.91 Å². The van der Waals surface area contributed by atoms with Crippen LogP contribution in [0.15, 0.2) is 35.6 Å². The van der Waals surface area contributed by atoms with E-state index in [4.69, 9.17) is 39.0 Å². The number of hydrogen-bond donors (Lipinski definition) is 4. The molecule has 0 aliphatic rings. The summed E-state index contributed by atoms with van der Waals surface area (Å²) < 4.78 is 35.0. The van der Waals surface area contributed by atoms with Gasteiger partial charge in [-0.1, -0.05) is 98.7 Å². The molecule has 20 nitrogen and oxygen atoms in total. The van der Waals surface area contributed by atoms with Crippen molar-refractivity contribution in [3.63, 3.8) is 0 Å². The van der Waals surface area contributed by atoms with Crippen molar-refractivity contribution in [2.75, 3.05) is 96.0 Å². The number of carbonyl (C=O) groups is 5. The Balaban J connectivity index is 1.78. The molecular weight excluding hydrogens is 1020 g/mol. The first-order valence-electron chi connectivity index (χ1n) is 26.5. The van der Waals surface area contributed by atoms with Crippen LogP contribution >= 0.6 is 23.5 Å². The van der Waals surface area contributed by atoms with E-state index in [9.17, 15) is 24.0 Å². The molecule has 22 heteroatoms. The number of rotatable bonds is 41. The summed E-state index contributed by atoms with van der Waals surface area (Å²) in [6.45, 7) is 28.7. The zero-order valence-electron chi connectivity index (χ0n) is 47.5. The largest absolute Gasteiger partial charge is 0.461 e.